The number of anilines is 1. The number of nitrogens with zero attached hydrogens (tertiary/aromatic N) is 3. The molecule has 2 amide bonds. The predicted molar refractivity (Wildman–Crippen MR) is 65.5 cm³/mol. The summed E-state index contributed by atoms with van der Waals surface area (Å²) in [7, 11) is 1.35. The van der Waals surface area contributed by atoms with Crippen LogP contribution in [0.15, 0.2) is 12.1 Å². The highest BCUT2D eigenvalue weighted by Gasteiger charge is 2.33. The van der Waals surface area contributed by atoms with Gasteiger partial charge in [-0.05, 0) is 12.1 Å². The van der Waals surface area contributed by atoms with Crippen LogP contribution in [0.5, 0.6) is 0 Å². The number of carbonyl (C=O) groups is 2. The molecule has 0 saturated carbocycles. The minimum absolute atomic E-state index is 0.0603. The molecule has 116 valence electrons. The largest absolute Gasteiger partial charge is 0.481 e. The third-order valence-electron chi connectivity index (χ3n) is 2.51. The van der Waals surface area contributed by atoms with Crippen molar-refractivity contribution >= 4 is 17.8 Å². The van der Waals surface area contributed by atoms with Gasteiger partial charge in [0.2, 0.25) is 0 Å². The summed E-state index contributed by atoms with van der Waals surface area (Å²) < 4.78 is 36.8. The standard InChI is InChI=1S/C11H13F3N4O3/c1-6(9(19)20)5-18(2)10(21)15-8-4-3-7(16-17-8)11(12,13)14/h3-4,6H,5H2,1-2H3,(H,19,20)(H,15,17,21). The third kappa shape index (κ3) is 4.89. The van der Waals surface area contributed by atoms with E-state index in [0.717, 1.165) is 11.0 Å². The average Bonchev–Trinajstić information content (AvgIpc) is 2.37. The smallest absolute Gasteiger partial charge is 0.435 e. The quantitative estimate of drug-likeness (QED) is 0.882. The van der Waals surface area contributed by atoms with Crippen molar-refractivity contribution in [3.05, 3.63) is 17.8 Å². The predicted octanol–water partition coefficient (Wildman–Crippen LogP) is 1.68. The molecule has 10 heteroatoms. The first-order chi connectivity index (χ1) is 9.61. The number of alkyl halides is 3. The molecule has 0 aliphatic rings. The number of aliphatic carboxylic acids is 1. The molecule has 7 nitrogen and oxygen atoms in total. The molecule has 2 N–H and O–H groups in total. The number of urea groups is 1. The van der Waals surface area contributed by atoms with Crippen LogP contribution in [0, 0.1) is 5.92 Å². The highest BCUT2D eigenvalue weighted by Crippen LogP contribution is 2.27. The first kappa shape index (κ1) is 16.7. The second-order valence-corrected chi connectivity index (χ2v) is 4.35. The minimum Gasteiger partial charge on any atom is -0.481 e. The third-order valence-corrected chi connectivity index (χ3v) is 2.51. The molecular weight excluding hydrogens is 293 g/mol. The number of aromatic nitrogens is 2. The van der Waals surface area contributed by atoms with E-state index in [1.807, 2.05) is 0 Å². The molecule has 0 saturated heterocycles. The summed E-state index contributed by atoms with van der Waals surface area (Å²) in [5.41, 5.74) is -1.17. The number of rotatable bonds is 4. The van der Waals surface area contributed by atoms with E-state index in [9.17, 15) is 22.8 Å². The van der Waals surface area contributed by atoms with Crippen molar-refractivity contribution < 1.29 is 27.9 Å². The van der Waals surface area contributed by atoms with Gasteiger partial charge in [0.1, 0.15) is 0 Å². The summed E-state index contributed by atoms with van der Waals surface area (Å²) in [4.78, 5) is 23.4. The van der Waals surface area contributed by atoms with Crippen molar-refractivity contribution in [3.8, 4) is 0 Å². The van der Waals surface area contributed by atoms with Gasteiger partial charge in [0, 0.05) is 13.6 Å². The van der Waals surface area contributed by atoms with Crippen molar-refractivity contribution in [2.24, 2.45) is 5.92 Å². The Bertz CT molecular complexity index is 518. The summed E-state index contributed by atoms with van der Waals surface area (Å²) >= 11 is 0. The fourth-order valence-corrected chi connectivity index (χ4v) is 1.33. The van der Waals surface area contributed by atoms with Gasteiger partial charge in [-0.3, -0.25) is 10.1 Å². The van der Waals surface area contributed by atoms with Gasteiger partial charge in [-0.2, -0.15) is 13.2 Å². The summed E-state index contributed by atoms with van der Waals surface area (Å²) in [5.74, 6) is -2.01. The number of halogens is 3. The van der Waals surface area contributed by atoms with Gasteiger partial charge < -0.3 is 10.0 Å². The highest BCUT2D eigenvalue weighted by atomic mass is 19.4. The molecule has 21 heavy (non-hydrogen) atoms. The second kappa shape index (κ2) is 6.37. The zero-order valence-electron chi connectivity index (χ0n) is 11.2. The SMILES string of the molecule is CC(CN(C)C(=O)Nc1ccc(C(F)(F)F)nn1)C(=O)O. The Hall–Kier alpha value is -2.39. The van der Waals surface area contributed by atoms with Gasteiger partial charge in [-0.25, -0.2) is 4.79 Å². The number of carboxylic acids is 1. The molecule has 1 rings (SSSR count). The van der Waals surface area contributed by atoms with Crippen molar-refractivity contribution in [1.82, 2.24) is 15.1 Å². The van der Waals surface area contributed by atoms with Crippen molar-refractivity contribution in [2.75, 3.05) is 18.9 Å². The zero-order valence-corrected chi connectivity index (χ0v) is 11.2. The maximum atomic E-state index is 12.3. The van der Waals surface area contributed by atoms with Gasteiger partial charge in [0.15, 0.2) is 11.5 Å². The van der Waals surface area contributed by atoms with Crippen LogP contribution >= 0.6 is 0 Å². The maximum absolute atomic E-state index is 12.3. The van der Waals surface area contributed by atoms with E-state index < -0.39 is 29.8 Å². The Balaban J connectivity index is 2.64. The van der Waals surface area contributed by atoms with Crippen LogP contribution in [0.2, 0.25) is 0 Å². The number of hydrogen-bond acceptors (Lipinski definition) is 4. The lowest BCUT2D eigenvalue weighted by Crippen LogP contribution is -2.36. The summed E-state index contributed by atoms with van der Waals surface area (Å²) in [6.07, 6.45) is -4.61. The molecule has 1 aromatic rings. The van der Waals surface area contributed by atoms with E-state index in [-0.39, 0.29) is 12.4 Å². The lowest BCUT2D eigenvalue weighted by molar-refractivity contribution is -0.142. The van der Waals surface area contributed by atoms with Crippen molar-refractivity contribution in [1.29, 1.82) is 0 Å². The number of hydrogen-bond donors (Lipinski definition) is 2. The molecule has 0 radical (unpaired) electrons. The van der Waals surface area contributed by atoms with Crippen LogP contribution in [-0.2, 0) is 11.0 Å². The van der Waals surface area contributed by atoms with Gasteiger partial charge in [0.25, 0.3) is 0 Å². The molecule has 0 aliphatic heterocycles. The summed E-state index contributed by atoms with van der Waals surface area (Å²) in [6, 6.07) is 0.946. The molecule has 0 bridgehead atoms. The van der Waals surface area contributed by atoms with Crippen LogP contribution in [0.4, 0.5) is 23.8 Å². The van der Waals surface area contributed by atoms with E-state index in [0.29, 0.717) is 6.07 Å². The van der Waals surface area contributed by atoms with E-state index in [4.69, 9.17) is 5.11 Å². The van der Waals surface area contributed by atoms with Gasteiger partial charge >= 0.3 is 18.2 Å². The summed E-state index contributed by atoms with van der Waals surface area (Å²) in [5, 5.41) is 17.1. The van der Waals surface area contributed by atoms with E-state index in [1.54, 1.807) is 0 Å². The average molecular weight is 306 g/mol. The van der Waals surface area contributed by atoms with E-state index in [1.165, 1.54) is 14.0 Å². The Morgan fingerprint density at radius 2 is 2.00 bits per heavy atom. The van der Waals surface area contributed by atoms with Gasteiger partial charge in [-0.15, -0.1) is 10.2 Å². The monoisotopic (exact) mass is 306 g/mol. The molecular formula is C11H13F3N4O3. The fraction of sp³-hybridized carbons (Fsp3) is 0.455. The van der Waals surface area contributed by atoms with Crippen LogP contribution in [0.25, 0.3) is 0 Å². The zero-order chi connectivity index (χ0) is 16.2. The van der Waals surface area contributed by atoms with E-state index in [2.05, 4.69) is 15.5 Å². The highest BCUT2D eigenvalue weighted by molar-refractivity contribution is 5.88. The molecule has 0 aromatic carbocycles. The van der Waals surface area contributed by atoms with Gasteiger partial charge in [-0.1, -0.05) is 6.92 Å². The van der Waals surface area contributed by atoms with Crippen molar-refractivity contribution in [3.63, 3.8) is 0 Å². The van der Waals surface area contributed by atoms with Gasteiger partial charge in [0.05, 0.1) is 5.92 Å². The molecule has 1 atom stereocenters. The Labute approximate surface area is 117 Å². The normalized spacial score (nSPS) is 12.6. The fourth-order valence-electron chi connectivity index (χ4n) is 1.33. The number of carboxylic acid groups (broad SMARTS) is 1. The molecule has 1 aromatic heterocycles. The van der Waals surface area contributed by atoms with E-state index >= 15 is 0 Å². The van der Waals surface area contributed by atoms with Crippen LogP contribution in [-0.4, -0.2) is 45.8 Å². The first-order valence-corrected chi connectivity index (χ1v) is 5.77. The molecule has 0 aliphatic carbocycles. The first-order valence-electron chi connectivity index (χ1n) is 5.77. The molecule has 1 unspecified atom stereocenters. The molecule has 0 spiro atoms. The minimum atomic E-state index is -4.61. The topological polar surface area (TPSA) is 95.4 Å². The number of nitrogens with one attached hydrogen (secondary N) is 1. The Kier molecular flexibility index (Phi) is 5.06. The van der Waals surface area contributed by atoms with Crippen LogP contribution in [0.3, 0.4) is 0 Å². The Morgan fingerprint density at radius 1 is 1.38 bits per heavy atom. The van der Waals surface area contributed by atoms with Crippen LogP contribution in [0.1, 0.15) is 12.6 Å². The van der Waals surface area contributed by atoms with Crippen LogP contribution < -0.4 is 5.32 Å². The van der Waals surface area contributed by atoms with Crippen molar-refractivity contribution in [2.45, 2.75) is 13.1 Å². The Morgan fingerprint density at radius 3 is 2.43 bits per heavy atom. The number of amides is 2. The number of carbonyl (C=O) groups excluding carboxylic acids is 1. The summed E-state index contributed by atoms with van der Waals surface area (Å²) in [6.45, 7) is 1.36. The maximum Gasteiger partial charge on any atom is 0.435 e. The second-order valence-electron chi connectivity index (χ2n) is 4.35. The molecule has 1 heterocycles. The lowest BCUT2D eigenvalue weighted by atomic mass is 10.2. The lowest BCUT2D eigenvalue weighted by Gasteiger charge is -2.19. The molecule has 0 fully saturated rings.